The van der Waals surface area contributed by atoms with Crippen LogP contribution >= 0.6 is 11.6 Å². The van der Waals surface area contributed by atoms with Gasteiger partial charge in [0.25, 0.3) is 0 Å². The summed E-state index contributed by atoms with van der Waals surface area (Å²) in [4.78, 5) is 15.2. The van der Waals surface area contributed by atoms with Crippen molar-refractivity contribution in [3.05, 3.63) is 53.1 Å². The van der Waals surface area contributed by atoms with Crippen molar-refractivity contribution in [3.63, 3.8) is 0 Å². The van der Waals surface area contributed by atoms with Gasteiger partial charge >= 0.3 is 0 Å². The molecule has 0 N–H and O–H groups in total. The number of carbonyl (C=O) groups is 1. The van der Waals surface area contributed by atoms with E-state index < -0.39 is 15.4 Å². The molecule has 33 heavy (non-hydrogen) atoms. The van der Waals surface area contributed by atoms with Crippen LogP contribution in [0.5, 0.6) is 11.5 Å². The lowest BCUT2D eigenvalue weighted by molar-refractivity contribution is -0.142. The number of hydrogen-bond acceptors (Lipinski definition) is 5. The lowest BCUT2D eigenvalue weighted by Gasteiger charge is -2.38. The van der Waals surface area contributed by atoms with Gasteiger partial charge in [-0.15, -0.1) is 0 Å². The van der Waals surface area contributed by atoms with Gasteiger partial charge in [0.2, 0.25) is 15.9 Å². The predicted octanol–water partition coefficient (Wildman–Crippen LogP) is 3.60. The summed E-state index contributed by atoms with van der Waals surface area (Å²) in [5.41, 5.74) is 0.306. The van der Waals surface area contributed by atoms with Crippen LogP contribution in [0.25, 0.3) is 0 Å². The number of benzene rings is 2. The molecule has 1 fully saturated rings. The zero-order valence-electron chi connectivity index (χ0n) is 18.9. The van der Waals surface area contributed by atoms with Gasteiger partial charge in [-0.25, -0.2) is 8.42 Å². The number of nitrogens with zero attached hydrogens (tertiary/aromatic N) is 2. The fourth-order valence-corrected chi connectivity index (χ4v) is 5.69. The molecule has 0 atom stereocenters. The molecule has 0 aliphatic carbocycles. The maximum absolute atomic E-state index is 13.1. The largest absolute Gasteiger partial charge is 0.494 e. The topological polar surface area (TPSA) is 76.2 Å². The quantitative estimate of drug-likeness (QED) is 0.590. The molecule has 1 saturated heterocycles. The monoisotopic (exact) mass is 492 g/mol. The van der Waals surface area contributed by atoms with E-state index in [1.54, 1.807) is 47.4 Å². The number of halogens is 1. The molecule has 0 radical (unpaired) electrons. The van der Waals surface area contributed by atoms with Crippen LogP contribution in [0.1, 0.15) is 25.8 Å². The van der Waals surface area contributed by atoms with Crippen molar-refractivity contribution in [2.75, 3.05) is 39.4 Å². The highest BCUT2D eigenvalue weighted by molar-refractivity contribution is 7.89. The first-order valence-corrected chi connectivity index (χ1v) is 12.9. The molecule has 0 spiro atoms. The Morgan fingerprint density at radius 3 is 2.48 bits per heavy atom. The molecule has 9 heteroatoms. The highest BCUT2D eigenvalue weighted by atomic mass is 35.5. The lowest BCUT2D eigenvalue weighted by atomic mass is 9.87. The molecule has 0 aromatic heterocycles. The van der Waals surface area contributed by atoms with Crippen LogP contribution < -0.4 is 9.47 Å². The molecular weight excluding hydrogens is 464 g/mol. The Morgan fingerprint density at radius 1 is 1.09 bits per heavy atom. The maximum Gasteiger partial charge on any atom is 0.243 e. The second-order valence-corrected chi connectivity index (χ2v) is 11.4. The molecular formula is C24H29ClN2O5S. The van der Waals surface area contributed by atoms with E-state index in [4.69, 9.17) is 21.1 Å². The van der Waals surface area contributed by atoms with E-state index >= 15 is 0 Å². The summed E-state index contributed by atoms with van der Waals surface area (Å²) >= 11 is 5.89. The first-order valence-electron chi connectivity index (χ1n) is 11.1. The minimum atomic E-state index is -3.61. The molecule has 7 nitrogen and oxygen atoms in total. The van der Waals surface area contributed by atoms with Crippen LogP contribution in [-0.2, 0) is 21.2 Å². The van der Waals surface area contributed by atoms with Crippen molar-refractivity contribution >= 4 is 27.5 Å². The van der Waals surface area contributed by atoms with E-state index in [-0.39, 0.29) is 23.9 Å². The van der Waals surface area contributed by atoms with Crippen molar-refractivity contribution < 1.29 is 22.7 Å². The van der Waals surface area contributed by atoms with Crippen LogP contribution in [0.3, 0.4) is 0 Å². The van der Waals surface area contributed by atoms with Gasteiger partial charge in [0, 0.05) is 43.0 Å². The Balaban J connectivity index is 1.31. The maximum atomic E-state index is 13.1. The van der Waals surface area contributed by atoms with Gasteiger partial charge in [-0.1, -0.05) is 25.4 Å². The number of rotatable bonds is 7. The Hall–Kier alpha value is -2.29. The molecule has 2 aliphatic heterocycles. The third-order valence-corrected chi connectivity index (χ3v) is 8.36. The second kappa shape index (κ2) is 9.52. The van der Waals surface area contributed by atoms with Gasteiger partial charge in [0.15, 0.2) is 0 Å². The number of hydrogen-bond donors (Lipinski definition) is 0. The molecule has 178 valence electrons. The number of piperazine rings is 1. The summed E-state index contributed by atoms with van der Waals surface area (Å²) in [6, 6.07) is 12.1. The normalized spacial score (nSPS) is 16.9. The summed E-state index contributed by atoms with van der Waals surface area (Å²) in [5.74, 6) is 1.47. The molecule has 2 aromatic rings. The van der Waals surface area contributed by atoms with Crippen LogP contribution in [0.4, 0.5) is 0 Å². The van der Waals surface area contributed by atoms with Crippen molar-refractivity contribution in [3.8, 4) is 11.5 Å². The first kappa shape index (κ1) is 23.9. The van der Waals surface area contributed by atoms with Gasteiger partial charge in [-0.2, -0.15) is 4.31 Å². The van der Waals surface area contributed by atoms with E-state index in [1.165, 1.54) is 4.31 Å². The summed E-state index contributed by atoms with van der Waals surface area (Å²) < 4.78 is 38.9. The molecule has 2 heterocycles. The van der Waals surface area contributed by atoms with Crippen LogP contribution in [-0.4, -0.2) is 62.9 Å². The highest BCUT2D eigenvalue weighted by Crippen LogP contribution is 2.30. The van der Waals surface area contributed by atoms with Gasteiger partial charge in [0.1, 0.15) is 11.5 Å². The minimum absolute atomic E-state index is 0.00827. The summed E-state index contributed by atoms with van der Waals surface area (Å²) in [6.07, 6.45) is 1.27. The van der Waals surface area contributed by atoms with E-state index in [0.29, 0.717) is 43.5 Å². The predicted molar refractivity (Wildman–Crippen MR) is 126 cm³/mol. The first-order chi connectivity index (χ1) is 15.7. The number of ether oxygens (including phenoxy) is 2. The molecule has 4 rings (SSSR count). The fraction of sp³-hybridized carbons (Fsp3) is 0.458. The third kappa shape index (κ3) is 5.28. The zero-order chi connectivity index (χ0) is 23.6. The average molecular weight is 493 g/mol. The van der Waals surface area contributed by atoms with Crippen molar-refractivity contribution in [1.29, 1.82) is 0 Å². The Kier molecular flexibility index (Phi) is 6.88. The number of carbonyl (C=O) groups excluding carboxylic acids is 1. The van der Waals surface area contributed by atoms with Crippen LogP contribution in [0.15, 0.2) is 47.4 Å². The lowest BCUT2D eigenvalue weighted by Crippen LogP contribution is -2.53. The van der Waals surface area contributed by atoms with E-state index in [9.17, 15) is 13.2 Å². The number of amides is 1. The second-order valence-electron chi connectivity index (χ2n) is 9.00. The molecule has 2 aromatic carbocycles. The zero-order valence-corrected chi connectivity index (χ0v) is 20.5. The number of fused-ring (bicyclic) bond motifs is 1. The Labute approximate surface area is 200 Å². The van der Waals surface area contributed by atoms with Crippen molar-refractivity contribution in [1.82, 2.24) is 9.21 Å². The summed E-state index contributed by atoms with van der Waals surface area (Å²) in [6.45, 7) is 6.07. The standard InChI is InChI=1S/C24H29ClN2O5S/c1-24(2,10-16-31-20-5-3-19(25)4-6-20)23(28)26-11-13-27(14-12-26)33(29,30)21-7-8-22-18(17-21)9-15-32-22/h3-8,17H,9-16H2,1-2H3. The molecule has 0 saturated carbocycles. The Bertz CT molecular complexity index is 1110. The van der Waals surface area contributed by atoms with Gasteiger partial charge in [-0.3, -0.25) is 4.79 Å². The molecule has 1 amide bonds. The third-order valence-electron chi connectivity index (χ3n) is 6.21. The molecule has 0 unspecified atom stereocenters. The van der Waals surface area contributed by atoms with Gasteiger partial charge in [0.05, 0.1) is 18.1 Å². The van der Waals surface area contributed by atoms with Crippen LogP contribution in [0.2, 0.25) is 5.02 Å². The molecule has 2 aliphatic rings. The minimum Gasteiger partial charge on any atom is -0.494 e. The van der Waals surface area contributed by atoms with E-state index in [0.717, 1.165) is 17.7 Å². The smallest absolute Gasteiger partial charge is 0.243 e. The van der Waals surface area contributed by atoms with E-state index in [2.05, 4.69) is 0 Å². The van der Waals surface area contributed by atoms with Crippen molar-refractivity contribution in [2.24, 2.45) is 5.41 Å². The number of sulfonamides is 1. The summed E-state index contributed by atoms with van der Waals surface area (Å²) in [7, 11) is -3.61. The average Bonchev–Trinajstić information content (AvgIpc) is 3.28. The van der Waals surface area contributed by atoms with Crippen molar-refractivity contribution in [2.45, 2.75) is 31.6 Å². The molecule has 0 bridgehead atoms. The highest BCUT2D eigenvalue weighted by Gasteiger charge is 2.36. The van der Waals surface area contributed by atoms with Crippen LogP contribution in [0, 0.1) is 5.41 Å². The SMILES string of the molecule is CC(C)(CCOc1ccc(Cl)cc1)C(=O)N1CCN(S(=O)(=O)c2ccc3c(c2)CCO3)CC1. The Morgan fingerprint density at radius 2 is 1.79 bits per heavy atom. The fourth-order valence-electron chi connectivity index (χ4n) is 4.09. The van der Waals surface area contributed by atoms with Gasteiger partial charge in [-0.05, 0) is 54.4 Å². The summed E-state index contributed by atoms with van der Waals surface area (Å²) in [5, 5.41) is 0.643. The van der Waals surface area contributed by atoms with Gasteiger partial charge < -0.3 is 14.4 Å². The van der Waals surface area contributed by atoms with E-state index in [1.807, 2.05) is 13.8 Å².